The Morgan fingerprint density at radius 1 is 1.14 bits per heavy atom. The van der Waals surface area contributed by atoms with Crippen LogP contribution in [0.1, 0.15) is 21.5 Å². The van der Waals surface area contributed by atoms with E-state index in [0.29, 0.717) is 12.2 Å². The van der Waals surface area contributed by atoms with Crippen molar-refractivity contribution in [2.24, 2.45) is 0 Å². The number of halogens is 1. The van der Waals surface area contributed by atoms with Crippen molar-refractivity contribution in [3.63, 3.8) is 0 Å². The van der Waals surface area contributed by atoms with E-state index in [9.17, 15) is 9.18 Å². The summed E-state index contributed by atoms with van der Waals surface area (Å²) in [6, 6.07) is 11.0. The van der Waals surface area contributed by atoms with Crippen molar-refractivity contribution < 1.29 is 23.8 Å². The second-order valence-corrected chi connectivity index (χ2v) is 4.50. The van der Waals surface area contributed by atoms with Gasteiger partial charge in [-0.05, 0) is 41.5 Å². The smallest absolute Gasteiger partial charge is 0.335 e. The number of benzene rings is 2. The first-order valence-electron chi connectivity index (χ1n) is 6.32. The molecular weight excluding hydrogens is 275 g/mol. The highest BCUT2D eigenvalue weighted by atomic mass is 19.1. The van der Waals surface area contributed by atoms with Gasteiger partial charge in [0.15, 0.2) is 0 Å². The van der Waals surface area contributed by atoms with E-state index in [1.165, 1.54) is 12.1 Å². The average Bonchev–Trinajstić information content (AvgIpc) is 2.47. The number of ether oxygens (including phenoxy) is 2. The molecule has 0 heterocycles. The molecule has 0 atom stereocenters. The van der Waals surface area contributed by atoms with Crippen molar-refractivity contribution in [1.82, 2.24) is 0 Å². The monoisotopic (exact) mass is 290 g/mol. The van der Waals surface area contributed by atoms with Crippen LogP contribution in [0, 0.1) is 5.82 Å². The molecule has 0 saturated carbocycles. The Hall–Kier alpha value is -2.40. The Morgan fingerprint density at radius 2 is 1.90 bits per heavy atom. The maximum atomic E-state index is 13.3. The third kappa shape index (κ3) is 4.29. The third-order valence-electron chi connectivity index (χ3n) is 2.88. The zero-order valence-corrected chi connectivity index (χ0v) is 11.5. The molecule has 0 saturated heterocycles. The zero-order valence-electron chi connectivity index (χ0n) is 11.5. The molecule has 5 heteroatoms. The van der Waals surface area contributed by atoms with Gasteiger partial charge < -0.3 is 14.6 Å². The van der Waals surface area contributed by atoms with Crippen molar-refractivity contribution in [3.8, 4) is 5.75 Å². The molecule has 2 aromatic rings. The summed E-state index contributed by atoms with van der Waals surface area (Å²) in [4.78, 5) is 10.8. The summed E-state index contributed by atoms with van der Waals surface area (Å²) in [6.45, 7) is 0.464. The van der Waals surface area contributed by atoms with Gasteiger partial charge >= 0.3 is 5.97 Å². The number of hydrogen-bond donors (Lipinski definition) is 1. The Balaban J connectivity index is 1.98. The van der Waals surface area contributed by atoms with E-state index in [1.807, 2.05) is 24.3 Å². The largest absolute Gasteiger partial charge is 0.497 e. The molecule has 0 fully saturated rings. The van der Waals surface area contributed by atoms with Gasteiger partial charge in [-0.1, -0.05) is 12.1 Å². The van der Waals surface area contributed by atoms with Crippen LogP contribution in [0.25, 0.3) is 0 Å². The summed E-state index contributed by atoms with van der Waals surface area (Å²) >= 11 is 0. The van der Waals surface area contributed by atoms with Crippen LogP contribution in [0.4, 0.5) is 4.39 Å². The van der Waals surface area contributed by atoms with Crippen LogP contribution in [0.15, 0.2) is 42.5 Å². The number of carbonyl (C=O) groups is 1. The lowest BCUT2D eigenvalue weighted by Crippen LogP contribution is -2.01. The van der Waals surface area contributed by atoms with E-state index in [2.05, 4.69) is 0 Å². The Morgan fingerprint density at radius 3 is 2.62 bits per heavy atom. The van der Waals surface area contributed by atoms with Crippen LogP contribution in [0.5, 0.6) is 5.75 Å². The molecular formula is C16H15FO4. The van der Waals surface area contributed by atoms with Gasteiger partial charge in [-0.3, -0.25) is 0 Å². The van der Waals surface area contributed by atoms with Crippen molar-refractivity contribution in [2.45, 2.75) is 13.2 Å². The number of methoxy groups -OCH3 is 1. The van der Waals surface area contributed by atoms with E-state index in [0.717, 1.165) is 17.4 Å². The average molecular weight is 290 g/mol. The lowest BCUT2D eigenvalue weighted by molar-refractivity contribution is 0.0695. The standard InChI is InChI=1S/C16H15FO4/c1-20-15-4-2-3-11(7-15)9-21-10-12-5-13(16(18)19)8-14(17)6-12/h2-8H,9-10H2,1H3,(H,18,19). The van der Waals surface area contributed by atoms with Crippen LogP contribution in [-0.2, 0) is 18.0 Å². The maximum Gasteiger partial charge on any atom is 0.335 e. The second kappa shape index (κ2) is 6.85. The Kier molecular flexibility index (Phi) is 4.90. The minimum Gasteiger partial charge on any atom is -0.497 e. The van der Waals surface area contributed by atoms with E-state index < -0.39 is 11.8 Å². The quantitative estimate of drug-likeness (QED) is 0.887. The molecule has 0 bridgehead atoms. The fraction of sp³-hybridized carbons (Fsp3) is 0.188. The molecule has 0 aliphatic heterocycles. The van der Waals surface area contributed by atoms with Crippen molar-refractivity contribution in [1.29, 1.82) is 0 Å². The second-order valence-electron chi connectivity index (χ2n) is 4.50. The van der Waals surface area contributed by atoms with Gasteiger partial charge in [-0.15, -0.1) is 0 Å². The molecule has 0 aromatic heterocycles. The predicted molar refractivity (Wildman–Crippen MR) is 74.8 cm³/mol. The van der Waals surface area contributed by atoms with Crippen molar-refractivity contribution >= 4 is 5.97 Å². The SMILES string of the molecule is COc1cccc(COCc2cc(F)cc(C(=O)O)c2)c1. The predicted octanol–water partition coefficient (Wildman–Crippen LogP) is 3.25. The first-order valence-corrected chi connectivity index (χ1v) is 6.32. The maximum absolute atomic E-state index is 13.3. The molecule has 2 aromatic carbocycles. The first kappa shape index (κ1) is 15.0. The van der Waals surface area contributed by atoms with E-state index in [4.69, 9.17) is 14.6 Å². The number of aromatic carboxylic acids is 1. The van der Waals surface area contributed by atoms with Crippen LogP contribution in [0.3, 0.4) is 0 Å². The lowest BCUT2D eigenvalue weighted by Gasteiger charge is -2.07. The molecule has 110 valence electrons. The highest BCUT2D eigenvalue weighted by Crippen LogP contribution is 2.15. The van der Waals surface area contributed by atoms with Gasteiger partial charge in [-0.2, -0.15) is 0 Å². The van der Waals surface area contributed by atoms with Crippen LogP contribution in [-0.4, -0.2) is 18.2 Å². The van der Waals surface area contributed by atoms with Gasteiger partial charge in [0.05, 0.1) is 25.9 Å². The van der Waals surface area contributed by atoms with Gasteiger partial charge in [0.1, 0.15) is 11.6 Å². The molecule has 0 radical (unpaired) electrons. The fourth-order valence-corrected chi connectivity index (χ4v) is 1.91. The molecule has 0 amide bonds. The zero-order chi connectivity index (χ0) is 15.2. The molecule has 1 N–H and O–H groups in total. The molecule has 21 heavy (non-hydrogen) atoms. The van der Waals surface area contributed by atoms with Crippen LogP contribution in [0.2, 0.25) is 0 Å². The highest BCUT2D eigenvalue weighted by Gasteiger charge is 2.07. The fourth-order valence-electron chi connectivity index (χ4n) is 1.91. The van der Waals surface area contributed by atoms with Crippen molar-refractivity contribution in [3.05, 3.63) is 65.0 Å². The summed E-state index contributed by atoms with van der Waals surface area (Å²) in [6.07, 6.45) is 0. The highest BCUT2D eigenvalue weighted by molar-refractivity contribution is 5.87. The van der Waals surface area contributed by atoms with Gasteiger partial charge in [0.25, 0.3) is 0 Å². The normalized spacial score (nSPS) is 10.4. The lowest BCUT2D eigenvalue weighted by atomic mass is 10.1. The topological polar surface area (TPSA) is 55.8 Å². The minimum absolute atomic E-state index is 0.0880. The van der Waals surface area contributed by atoms with Crippen LogP contribution < -0.4 is 4.74 Å². The van der Waals surface area contributed by atoms with Gasteiger partial charge in [0, 0.05) is 0 Å². The summed E-state index contributed by atoms with van der Waals surface area (Å²) in [5, 5.41) is 8.87. The first-order chi connectivity index (χ1) is 10.1. The molecule has 2 rings (SSSR count). The summed E-state index contributed by atoms with van der Waals surface area (Å²) in [5.74, 6) is -1.02. The minimum atomic E-state index is -1.16. The number of carboxylic acids is 1. The molecule has 0 unspecified atom stereocenters. The number of carboxylic acid groups (broad SMARTS) is 1. The van der Waals surface area contributed by atoms with Gasteiger partial charge in [0.2, 0.25) is 0 Å². The Bertz CT molecular complexity index is 640. The number of hydrogen-bond acceptors (Lipinski definition) is 3. The van der Waals surface area contributed by atoms with Crippen molar-refractivity contribution in [2.75, 3.05) is 7.11 Å². The molecule has 0 aliphatic carbocycles. The van der Waals surface area contributed by atoms with E-state index >= 15 is 0 Å². The number of rotatable bonds is 6. The molecule has 0 aliphatic rings. The summed E-state index contributed by atoms with van der Waals surface area (Å²) in [7, 11) is 1.58. The molecule has 4 nitrogen and oxygen atoms in total. The summed E-state index contributed by atoms with van der Waals surface area (Å²) < 4.78 is 23.9. The molecule has 0 spiro atoms. The van der Waals surface area contributed by atoms with E-state index in [1.54, 1.807) is 7.11 Å². The van der Waals surface area contributed by atoms with Gasteiger partial charge in [-0.25, -0.2) is 9.18 Å². The summed E-state index contributed by atoms with van der Waals surface area (Å²) in [5.41, 5.74) is 1.31. The van der Waals surface area contributed by atoms with Crippen LogP contribution >= 0.6 is 0 Å². The Labute approximate surface area is 121 Å². The van der Waals surface area contributed by atoms with E-state index in [-0.39, 0.29) is 12.2 Å². The third-order valence-corrected chi connectivity index (χ3v) is 2.88.